The summed E-state index contributed by atoms with van der Waals surface area (Å²) < 4.78 is 11.6. The molecule has 1 atom stereocenters. The second-order valence-electron chi connectivity index (χ2n) is 5.90. The lowest BCUT2D eigenvalue weighted by atomic mass is 10.0. The van der Waals surface area contributed by atoms with E-state index in [1.807, 2.05) is 6.92 Å². The van der Waals surface area contributed by atoms with Gasteiger partial charge in [-0.25, -0.2) is 0 Å². The monoisotopic (exact) mass is 295 g/mol. The van der Waals surface area contributed by atoms with Crippen LogP contribution >= 0.6 is 0 Å². The van der Waals surface area contributed by atoms with Crippen molar-refractivity contribution in [2.75, 3.05) is 13.2 Å². The predicted octanol–water partition coefficient (Wildman–Crippen LogP) is 4.82. The lowest BCUT2D eigenvalue weighted by Crippen LogP contribution is -2.13. The van der Waals surface area contributed by atoms with E-state index in [1.165, 1.54) is 31.2 Å². The quantitative estimate of drug-likeness (QED) is 0.561. The molecule has 0 bridgehead atoms. The van der Waals surface area contributed by atoms with Crippen LogP contribution in [-0.4, -0.2) is 13.2 Å². The summed E-state index contributed by atoms with van der Waals surface area (Å²) in [6, 6.07) is 2.13. The molecule has 0 aliphatic heterocycles. The lowest BCUT2D eigenvalue weighted by molar-refractivity contribution is 0.0705. The Balaban J connectivity index is 2.32. The second-order valence-corrected chi connectivity index (χ2v) is 5.90. The Hall–Kier alpha value is -0.800. The molecule has 1 unspecified atom stereocenters. The molecule has 0 aliphatic rings. The minimum atomic E-state index is 0.594. The van der Waals surface area contributed by atoms with Crippen molar-refractivity contribution in [2.45, 2.75) is 73.0 Å². The number of nitrogens with one attached hydrogen (secondary N) is 1. The number of aryl methyl sites for hydroxylation is 1. The first-order valence-corrected chi connectivity index (χ1v) is 8.57. The van der Waals surface area contributed by atoms with Gasteiger partial charge in [-0.15, -0.1) is 0 Å². The second kappa shape index (κ2) is 10.9. The van der Waals surface area contributed by atoms with Gasteiger partial charge in [0.2, 0.25) is 0 Å². The third kappa shape index (κ3) is 7.14. The van der Waals surface area contributed by atoms with Crippen molar-refractivity contribution in [2.24, 2.45) is 5.92 Å². The maximum atomic E-state index is 5.85. The Labute approximate surface area is 130 Å². The summed E-state index contributed by atoms with van der Waals surface area (Å²) in [4.78, 5) is 0. The molecule has 0 aromatic carbocycles. The molecule has 1 heterocycles. The normalized spacial score (nSPS) is 12.8. The number of hydrogen-bond acceptors (Lipinski definition) is 3. The molecule has 0 saturated heterocycles. The highest BCUT2D eigenvalue weighted by Crippen LogP contribution is 2.17. The fourth-order valence-corrected chi connectivity index (χ4v) is 2.46. The fourth-order valence-electron chi connectivity index (χ4n) is 2.46. The van der Waals surface area contributed by atoms with Crippen LogP contribution < -0.4 is 5.32 Å². The van der Waals surface area contributed by atoms with Crippen molar-refractivity contribution >= 4 is 0 Å². The smallest absolute Gasteiger partial charge is 0.130 e. The standard InChI is InChI=1S/C18H33NO2/c1-5-8-9-16(7-3)13-20-14-18-11-17(15(4)21-18)12-19-10-6-2/h11,16,19H,5-10,12-14H2,1-4H3. The van der Waals surface area contributed by atoms with Gasteiger partial charge in [0.15, 0.2) is 0 Å². The molecule has 122 valence electrons. The predicted molar refractivity (Wildman–Crippen MR) is 88.4 cm³/mol. The van der Waals surface area contributed by atoms with Crippen molar-refractivity contribution in [3.63, 3.8) is 0 Å². The lowest BCUT2D eigenvalue weighted by Gasteiger charge is -2.13. The van der Waals surface area contributed by atoms with Crippen LogP contribution in [0.1, 0.15) is 70.0 Å². The van der Waals surface area contributed by atoms with Crippen molar-refractivity contribution in [1.82, 2.24) is 5.32 Å². The maximum Gasteiger partial charge on any atom is 0.130 e. The van der Waals surface area contributed by atoms with Gasteiger partial charge in [-0.3, -0.25) is 0 Å². The summed E-state index contributed by atoms with van der Waals surface area (Å²) in [6.45, 7) is 12.1. The van der Waals surface area contributed by atoms with Crippen molar-refractivity contribution in [3.8, 4) is 0 Å². The fraction of sp³-hybridized carbons (Fsp3) is 0.778. The van der Waals surface area contributed by atoms with Gasteiger partial charge in [-0.1, -0.05) is 40.0 Å². The van der Waals surface area contributed by atoms with E-state index in [-0.39, 0.29) is 0 Å². The van der Waals surface area contributed by atoms with Gasteiger partial charge < -0.3 is 14.5 Å². The molecule has 1 aromatic heterocycles. The van der Waals surface area contributed by atoms with E-state index in [9.17, 15) is 0 Å². The molecule has 0 aliphatic carbocycles. The molecule has 3 nitrogen and oxygen atoms in total. The van der Waals surface area contributed by atoms with Crippen LogP contribution in [0.15, 0.2) is 10.5 Å². The number of rotatable bonds is 12. The van der Waals surface area contributed by atoms with Gasteiger partial charge in [0.1, 0.15) is 18.1 Å². The van der Waals surface area contributed by atoms with Crippen LogP contribution in [0.25, 0.3) is 0 Å². The van der Waals surface area contributed by atoms with Gasteiger partial charge in [0.05, 0.1) is 0 Å². The Morgan fingerprint density at radius 2 is 2.05 bits per heavy atom. The average Bonchev–Trinajstić information content (AvgIpc) is 2.83. The van der Waals surface area contributed by atoms with Gasteiger partial charge in [0, 0.05) is 18.7 Å². The van der Waals surface area contributed by atoms with E-state index in [4.69, 9.17) is 9.15 Å². The van der Waals surface area contributed by atoms with Crippen LogP contribution in [0, 0.1) is 12.8 Å². The number of hydrogen-bond donors (Lipinski definition) is 1. The van der Waals surface area contributed by atoms with Crippen molar-refractivity contribution in [3.05, 3.63) is 23.2 Å². The summed E-state index contributed by atoms with van der Waals surface area (Å²) in [7, 11) is 0. The van der Waals surface area contributed by atoms with Crippen LogP contribution in [0.2, 0.25) is 0 Å². The summed E-state index contributed by atoms with van der Waals surface area (Å²) in [5.74, 6) is 2.65. The van der Waals surface area contributed by atoms with E-state index in [0.29, 0.717) is 12.5 Å². The Morgan fingerprint density at radius 1 is 1.24 bits per heavy atom. The van der Waals surface area contributed by atoms with Crippen LogP contribution in [-0.2, 0) is 17.9 Å². The zero-order valence-corrected chi connectivity index (χ0v) is 14.3. The van der Waals surface area contributed by atoms with Gasteiger partial charge >= 0.3 is 0 Å². The highest BCUT2D eigenvalue weighted by atomic mass is 16.5. The zero-order chi connectivity index (χ0) is 15.5. The number of ether oxygens (including phenoxy) is 1. The van der Waals surface area contributed by atoms with Crippen LogP contribution in [0.4, 0.5) is 0 Å². The highest BCUT2D eigenvalue weighted by molar-refractivity contribution is 5.20. The topological polar surface area (TPSA) is 34.4 Å². The molecule has 1 N–H and O–H groups in total. The Morgan fingerprint density at radius 3 is 2.71 bits per heavy atom. The maximum absolute atomic E-state index is 5.85. The van der Waals surface area contributed by atoms with E-state index in [2.05, 4.69) is 32.2 Å². The Kier molecular flexibility index (Phi) is 9.44. The zero-order valence-electron chi connectivity index (χ0n) is 14.3. The number of unbranched alkanes of at least 4 members (excludes halogenated alkanes) is 1. The molecule has 0 amide bonds. The summed E-state index contributed by atoms with van der Waals surface area (Å²) in [6.07, 6.45) is 6.19. The SMILES string of the molecule is CCCCC(CC)COCc1cc(CNCCC)c(C)o1. The molecule has 3 heteroatoms. The summed E-state index contributed by atoms with van der Waals surface area (Å²) >= 11 is 0. The first-order valence-electron chi connectivity index (χ1n) is 8.57. The average molecular weight is 295 g/mol. The third-order valence-corrected chi connectivity index (χ3v) is 3.95. The van der Waals surface area contributed by atoms with E-state index < -0.39 is 0 Å². The Bertz CT molecular complexity index is 373. The summed E-state index contributed by atoms with van der Waals surface area (Å²) in [5.41, 5.74) is 1.25. The third-order valence-electron chi connectivity index (χ3n) is 3.95. The molecular weight excluding hydrogens is 262 g/mol. The first-order chi connectivity index (χ1) is 10.2. The van der Waals surface area contributed by atoms with Crippen LogP contribution in [0.3, 0.4) is 0 Å². The van der Waals surface area contributed by atoms with Crippen molar-refractivity contribution < 1.29 is 9.15 Å². The van der Waals surface area contributed by atoms with E-state index in [1.54, 1.807) is 0 Å². The largest absolute Gasteiger partial charge is 0.464 e. The molecule has 0 radical (unpaired) electrons. The molecule has 0 saturated carbocycles. The summed E-state index contributed by atoms with van der Waals surface area (Å²) in [5, 5.41) is 3.41. The minimum Gasteiger partial charge on any atom is -0.464 e. The molecule has 21 heavy (non-hydrogen) atoms. The van der Waals surface area contributed by atoms with Gasteiger partial charge in [-0.2, -0.15) is 0 Å². The molecule has 1 aromatic rings. The van der Waals surface area contributed by atoms with Crippen LogP contribution in [0.5, 0.6) is 0 Å². The van der Waals surface area contributed by atoms with Gasteiger partial charge in [0.25, 0.3) is 0 Å². The molecule has 1 rings (SSSR count). The van der Waals surface area contributed by atoms with Crippen molar-refractivity contribution in [1.29, 1.82) is 0 Å². The molecule has 0 fully saturated rings. The highest BCUT2D eigenvalue weighted by Gasteiger charge is 2.09. The first kappa shape index (κ1) is 18.2. The number of furan rings is 1. The van der Waals surface area contributed by atoms with E-state index >= 15 is 0 Å². The molecular formula is C18H33NO2. The molecule has 0 spiro atoms. The van der Waals surface area contributed by atoms with Gasteiger partial charge in [-0.05, 0) is 38.3 Å². The van der Waals surface area contributed by atoms with E-state index in [0.717, 1.165) is 37.6 Å². The minimum absolute atomic E-state index is 0.594.